The van der Waals surface area contributed by atoms with E-state index in [1.165, 1.54) is 6.07 Å². The number of hydrogen-bond donors (Lipinski definition) is 1. The highest BCUT2D eigenvalue weighted by Gasteiger charge is 2.10. The molecule has 0 fully saturated rings. The Morgan fingerprint density at radius 3 is 2.65 bits per heavy atom. The minimum atomic E-state index is -0.177. The molecule has 0 unspecified atom stereocenters. The molecular formula is C16H20FN3. The molecule has 0 aliphatic carbocycles. The molecule has 0 aliphatic rings. The van der Waals surface area contributed by atoms with Crippen LogP contribution in [-0.4, -0.2) is 18.6 Å². The summed E-state index contributed by atoms with van der Waals surface area (Å²) in [5, 5.41) is 3.29. The molecule has 0 saturated carbocycles. The van der Waals surface area contributed by atoms with Gasteiger partial charge in [-0.2, -0.15) is 0 Å². The van der Waals surface area contributed by atoms with Crippen LogP contribution in [-0.2, 0) is 13.1 Å². The Kier molecular flexibility index (Phi) is 5.07. The number of benzene rings is 1. The lowest BCUT2D eigenvalue weighted by Gasteiger charge is -2.21. The van der Waals surface area contributed by atoms with Gasteiger partial charge in [0.15, 0.2) is 0 Å². The minimum Gasteiger partial charge on any atom is -0.355 e. The van der Waals surface area contributed by atoms with Crippen molar-refractivity contribution in [1.29, 1.82) is 0 Å². The van der Waals surface area contributed by atoms with Crippen LogP contribution in [0.1, 0.15) is 18.1 Å². The van der Waals surface area contributed by atoms with Gasteiger partial charge < -0.3 is 10.2 Å². The van der Waals surface area contributed by atoms with E-state index in [0.29, 0.717) is 12.1 Å². The van der Waals surface area contributed by atoms with E-state index in [-0.39, 0.29) is 5.82 Å². The summed E-state index contributed by atoms with van der Waals surface area (Å²) in [6.45, 7) is 4.24. The molecule has 0 atom stereocenters. The lowest BCUT2D eigenvalue weighted by molar-refractivity contribution is 0.607. The standard InChI is InChI=1S/C16H20FN3/c1-3-18-11-13-8-6-10-19-16(13)20(2)12-14-7-4-5-9-15(14)17/h4-10,18H,3,11-12H2,1-2H3. The third-order valence-corrected chi connectivity index (χ3v) is 3.16. The van der Waals surface area contributed by atoms with Gasteiger partial charge in [0.1, 0.15) is 11.6 Å². The average molecular weight is 273 g/mol. The third-order valence-electron chi connectivity index (χ3n) is 3.16. The summed E-state index contributed by atoms with van der Waals surface area (Å²) in [5.74, 6) is 0.709. The fraction of sp³-hybridized carbons (Fsp3) is 0.312. The predicted molar refractivity (Wildman–Crippen MR) is 80.1 cm³/mol. The summed E-state index contributed by atoms with van der Waals surface area (Å²) in [5.41, 5.74) is 1.79. The highest BCUT2D eigenvalue weighted by Crippen LogP contribution is 2.19. The molecule has 0 bridgehead atoms. The van der Waals surface area contributed by atoms with Crippen LogP contribution < -0.4 is 10.2 Å². The first-order valence-corrected chi connectivity index (χ1v) is 6.81. The Hall–Kier alpha value is -1.94. The molecule has 0 radical (unpaired) electrons. The minimum absolute atomic E-state index is 0.177. The smallest absolute Gasteiger partial charge is 0.133 e. The predicted octanol–water partition coefficient (Wildman–Crippen LogP) is 2.97. The van der Waals surface area contributed by atoms with Gasteiger partial charge in [-0.1, -0.05) is 31.2 Å². The van der Waals surface area contributed by atoms with Crippen molar-refractivity contribution in [3.63, 3.8) is 0 Å². The van der Waals surface area contributed by atoms with E-state index >= 15 is 0 Å². The molecule has 2 rings (SSSR count). The van der Waals surface area contributed by atoms with Crippen LogP contribution in [0.5, 0.6) is 0 Å². The maximum Gasteiger partial charge on any atom is 0.133 e. The summed E-state index contributed by atoms with van der Waals surface area (Å²) in [6.07, 6.45) is 1.77. The van der Waals surface area contributed by atoms with Crippen molar-refractivity contribution in [2.24, 2.45) is 0 Å². The quantitative estimate of drug-likeness (QED) is 0.877. The Morgan fingerprint density at radius 2 is 1.90 bits per heavy atom. The van der Waals surface area contributed by atoms with Crippen LogP contribution in [0.3, 0.4) is 0 Å². The van der Waals surface area contributed by atoms with Crippen LogP contribution >= 0.6 is 0 Å². The van der Waals surface area contributed by atoms with Gasteiger partial charge in [0.05, 0.1) is 0 Å². The van der Waals surface area contributed by atoms with Crippen LogP contribution in [0.2, 0.25) is 0 Å². The number of nitrogens with one attached hydrogen (secondary N) is 1. The summed E-state index contributed by atoms with van der Waals surface area (Å²) in [6, 6.07) is 10.8. The maximum atomic E-state index is 13.7. The Balaban J connectivity index is 2.16. The van der Waals surface area contributed by atoms with Gasteiger partial charge >= 0.3 is 0 Å². The molecule has 1 aromatic heterocycles. The van der Waals surface area contributed by atoms with Gasteiger partial charge in [-0.15, -0.1) is 0 Å². The first kappa shape index (κ1) is 14.5. The number of nitrogens with zero attached hydrogens (tertiary/aromatic N) is 2. The SMILES string of the molecule is CCNCc1cccnc1N(C)Cc1ccccc1F. The van der Waals surface area contributed by atoms with Gasteiger partial charge in [-0.3, -0.25) is 0 Å². The summed E-state index contributed by atoms with van der Waals surface area (Å²) < 4.78 is 13.7. The first-order chi connectivity index (χ1) is 9.72. The second-order valence-electron chi connectivity index (χ2n) is 4.71. The highest BCUT2D eigenvalue weighted by atomic mass is 19.1. The van der Waals surface area contributed by atoms with Gasteiger partial charge in [-0.05, 0) is 18.7 Å². The first-order valence-electron chi connectivity index (χ1n) is 6.81. The van der Waals surface area contributed by atoms with Crippen molar-refractivity contribution >= 4 is 5.82 Å². The van der Waals surface area contributed by atoms with Crippen molar-refractivity contribution in [2.45, 2.75) is 20.0 Å². The average Bonchev–Trinajstić information content (AvgIpc) is 2.47. The molecule has 0 amide bonds. The molecule has 1 heterocycles. The van der Waals surface area contributed by atoms with Gasteiger partial charge in [0.2, 0.25) is 0 Å². The molecule has 0 spiro atoms. The lowest BCUT2D eigenvalue weighted by atomic mass is 10.2. The van der Waals surface area contributed by atoms with Crippen molar-refractivity contribution in [3.05, 3.63) is 59.5 Å². The van der Waals surface area contributed by atoms with Crippen molar-refractivity contribution < 1.29 is 4.39 Å². The van der Waals surface area contributed by atoms with Crippen molar-refractivity contribution in [3.8, 4) is 0 Å². The van der Waals surface area contributed by atoms with E-state index in [9.17, 15) is 4.39 Å². The number of aromatic nitrogens is 1. The van der Waals surface area contributed by atoms with Crippen LogP contribution in [0.4, 0.5) is 10.2 Å². The topological polar surface area (TPSA) is 28.2 Å². The monoisotopic (exact) mass is 273 g/mol. The Morgan fingerprint density at radius 1 is 1.15 bits per heavy atom. The molecule has 0 aliphatic heterocycles. The number of pyridine rings is 1. The van der Waals surface area contributed by atoms with E-state index < -0.39 is 0 Å². The van der Waals surface area contributed by atoms with Crippen LogP contribution in [0.15, 0.2) is 42.6 Å². The molecule has 2 aromatic rings. The number of halogens is 1. The fourth-order valence-corrected chi connectivity index (χ4v) is 2.13. The van der Waals surface area contributed by atoms with Crippen molar-refractivity contribution in [2.75, 3.05) is 18.5 Å². The number of hydrogen-bond acceptors (Lipinski definition) is 3. The second kappa shape index (κ2) is 7.01. The van der Waals surface area contributed by atoms with Crippen LogP contribution in [0.25, 0.3) is 0 Å². The van der Waals surface area contributed by atoms with E-state index in [1.807, 2.05) is 30.1 Å². The number of rotatable bonds is 6. The molecule has 0 saturated heterocycles. The third kappa shape index (κ3) is 3.54. The molecule has 106 valence electrons. The van der Waals surface area contributed by atoms with E-state index in [4.69, 9.17) is 0 Å². The largest absolute Gasteiger partial charge is 0.355 e. The zero-order valence-electron chi connectivity index (χ0n) is 11.9. The number of anilines is 1. The van der Waals surface area contributed by atoms with E-state index in [1.54, 1.807) is 18.3 Å². The zero-order valence-corrected chi connectivity index (χ0v) is 11.9. The zero-order chi connectivity index (χ0) is 14.4. The molecule has 4 heteroatoms. The normalized spacial score (nSPS) is 10.6. The van der Waals surface area contributed by atoms with E-state index in [0.717, 1.165) is 24.5 Å². The fourth-order valence-electron chi connectivity index (χ4n) is 2.13. The molecule has 1 aromatic carbocycles. The highest BCUT2D eigenvalue weighted by molar-refractivity contribution is 5.46. The molecule has 1 N–H and O–H groups in total. The summed E-state index contributed by atoms with van der Waals surface area (Å²) >= 11 is 0. The van der Waals surface area contributed by atoms with Crippen molar-refractivity contribution in [1.82, 2.24) is 10.3 Å². The maximum absolute atomic E-state index is 13.7. The molecular weight excluding hydrogens is 253 g/mol. The molecule has 3 nitrogen and oxygen atoms in total. The lowest BCUT2D eigenvalue weighted by Crippen LogP contribution is -2.22. The van der Waals surface area contributed by atoms with Gasteiger partial charge in [-0.25, -0.2) is 9.37 Å². The Labute approximate surface area is 119 Å². The van der Waals surface area contributed by atoms with Gasteiger partial charge in [0.25, 0.3) is 0 Å². The summed E-state index contributed by atoms with van der Waals surface area (Å²) in [4.78, 5) is 6.40. The summed E-state index contributed by atoms with van der Waals surface area (Å²) in [7, 11) is 1.93. The molecule has 20 heavy (non-hydrogen) atoms. The van der Waals surface area contributed by atoms with Gasteiger partial charge in [0, 0.05) is 37.5 Å². The Bertz CT molecular complexity index is 557. The second-order valence-corrected chi connectivity index (χ2v) is 4.71. The van der Waals surface area contributed by atoms with E-state index in [2.05, 4.69) is 17.2 Å². The van der Waals surface area contributed by atoms with Crippen LogP contribution in [0, 0.1) is 5.82 Å².